The summed E-state index contributed by atoms with van der Waals surface area (Å²) < 4.78 is 1.72. The lowest BCUT2D eigenvalue weighted by Crippen LogP contribution is -2.35. The molecule has 2 N–H and O–H groups in total. The first-order valence-electron chi connectivity index (χ1n) is 7.04. The van der Waals surface area contributed by atoms with Gasteiger partial charge in [-0.1, -0.05) is 0 Å². The number of anilines is 1. The minimum Gasteiger partial charge on any atom is -0.365 e. The smallest absolute Gasteiger partial charge is 0.293 e. The van der Waals surface area contributed by atoms with E-state index in [0.29, 0.717) is 11.9 Å². The lowest BCUT2D eigenvalue weighted by molar-refractivity contribution is 0.383. The maximum atomic E-state index is 12.3. The molecule has 1 aromatic rings. The molecule has 1 aliphatic heterocycles. The summed E-state index contributed by atoms with van der Waals surface area (Å²) in [5.74, 6) is 0.454. The van der Waals surface area contributed by atoms with Crippen LogP contribution in [0, 0.1) is 0 Å². The molecule has 1 atom stereocenters. The van der Waals surface area contributed by atoms with E-state index >= 15 is 0 Å². The van der Waals surface area contributed by atoms with Crippen LogP contribution in [0.4, 0.5) is 5.82 Å². The van der Waals surface area contributed by atoms with Gasteiger partial charge in [0.15, 0.2) is 5.82 Å². The van der Waals surface area contributed by atoms with Gasteiger partial charge in [-0.25, -0.2) is 4.98 Å². The van der Waals surface area contributed by atoms with Crippen molar-refractivity contribution in [2.75, 3.05) is 18.4 Å². The van der Waals surface area contributed by atoms with Crippen LogP contribution in [0.25, 0.3) is 0 Å². The Morgan fingerprint density at radius 2 is 2.32 bits per heavy atom. The van der Waals surface area contributed by atoms with Gasteiger partial charge in [-0.2, -0.15) is 0 Å². The average Bonchev–Trinajstić information content (AvgIpc) is 2.83. The second-order valence-corrected chi connectivity index (χ2v) is 6.13. The van der Waals surface area contributed by atoms with Crippen molar-refractivity contribution < 1.29 is 0 Å². The van der Waals surface area contributed by atoms with Crippen LogP contribution in [0.5, 0.6) is 0 Å². The fourth-order valence-electron chi connectivity index (χ4n) is 2.43. The molecule has 2 heterocycles. The van der Waals surface area contributed by atoms with Crippen molar-refractivity contribution in [1.82, 2.24) is 14.9 Å². The van der Waals surface area contributed by atoms with Crippen LogP contribution in [-0.2, 0) is 5.54 Å². The monoisotopic (exact) mass is 264 g/mol. The molecule has 106 valence electrons. The minimum atomic E-state index is -0.219. The molecule has 19 heavy (non-hydrogen) atoms. The second-order valence-electron chi connectivity index (χ2n) is 6.13. The van der Waals surface area contributed by atoms with Crippen molar-refractivity contribution >= 4 is 5.82 Å². The largest absolute Gasteiger partial charge is 0.365 e. The van der Waals surface area contributed by atoms with Gasteiger partial charge in [0.05, 0.1) is 0 Å². The molecule has 0 bridgehead atoms. The second kappa shape index (κ2) is 5.74. The standard InChI is InChI=1S/C14H24N4O/c1-14(2,3)18-10-9-17-12(13(18)19)16-8-6-11-5-4-7-15-11/h9-11,15H,4-8H2,1-3H3,(H,16,17)/t11-/m0/s1. The number of rotatable bonds is 4. The van der Waals surface area contributed by atoms with Crippen LogP contribution in [-0.4, -0.2) is 28.7 Å². The van der Waals surface area contributed by atoms with E-state index in [1.54, 1.807) is 17.0 Å². The molecule has 5 nitrogen and oxygen atoms in total. The van der Waals surface area contributed by atoms with E-state index in [1.165, 1.54) is 12.8 Å². The number of nitrogens with zero attached hydrogens (tertiary/aromatic N) is 2. The maximum absolute atomic E-state index is 12.3. The van der Waals surface area contributed by atoms with Crippen LogP contribution < -0.4 is 16.2 Å². The van der Waals surface area contributed by atoms with E-state index in [-0.39, 0.29) is 11.1 Å². The van der Waals surface area contributed by atoms with Crippen LogP contribution in [0.15, 0.2) is 17.2 Å². The van der Waals surface area contributed by atoms with E-state index in [9.17, 15) is 4.79 Å². The summed E-state index contributed by atoms with van der Waals surface area (Å²) in [6.07, 6.45) is 6.95. The molecule has 0 saturated carbocycles. The fraction of sp³-hybridized carbons (Fsp3) is 0.714. The van der Waals surface area contributed by atoms with Crippen LogP contribution in [0.2, 0.25) is 0 Å². The van der Waals surface area contributed by atoms with Gasteiger partial charge in [-0.3, -0.25) is 4.79 Å². The average molecular weight is 264 g/mol. The molecule has 1 fully saturated rings. The molecular formula is C14H24N4O. The highest BCUT2D eigenvalue weighted by Crippen LogP contribution is 2.11. The third kappa shape index (κ3) is 3.56. The Morgan fingerprint density at radius 1 is 1.53 bits per heavy atom. The molecule has 0 amide bonds. The summed E-state index contributed by atoms with van der Waals surface area (Å²) in [5.41, 5.74) is -0.266. The van der Waals surface area contributed by atoms with Gasteiger partial charge in [0, 0.05) is 30.5 Å². The summed E-state index contributed by atoms with van der Waals surface area (Å²) in [5, 5.41) is 6.62. The zero-order valence-electron chi connectivity index (χ0n) is 12.1. The van der Waals surface area contributed by atoms with Crippen molar-refractivity contribution in [3.8, 4) is 0 Å². The topological polar surface area (TPSA) is 59.0 Å². The zero-order chi connectivity index (χ0) is 13.9. The molecule has 0 aliphatic carbocycles. The van der Waals surface area contributed by atoms with Gasteiger partial charge in [-0.15, -0.1) is 0 Å². The number of hydrogen-bond donors (Lipinski definition) is 2. The van der Waals surface area contributed by atoms with Gasteiger partial charge >= 0.3 is 0 Å². The summed E-state index contributed by atoms with van der Waals surface area (Å²) in [4.78, 5) is 16.4. The van der Waals surface area contributed by atoms with Crippen LogP contribution in [0.3, 0.4) is 0 Å². The summed E-state index contributed by atoms with van der Waals surface area (Å²) >= 11 is 0. The molecule has 1 aromatic heterocycles. The normalized spacial score (nSPS) is 19.6. The van der Waals surface area contributed by atoms with Gasteiger partial charge in [0.1, 0.15) is 0 Å². The predicted octanol–water partition coefficient (Wildman–Crippen LogP) is 1.55. The molecule has 0 radical (unpaired) electrons. The highest BCUT2D eigenvalue weighted by molar-refractivity contribution is 5.31. The lowest BCUT2D eigenvalue weighted by Gasteiger charge is -2.22. The van der Waals surface area contributed by atoms with Crippen LogP contribution in [0.1, 0.15) is 40.0 Å². The highest BCUT2D eigenvalue weighted by atomic mass is 16.1. The third-order valence-corrected chi connectivity index (χ3v) is 3.51. The Hall–Kier alpha value is -1.36. The van der Waals surface area contributed by atoms with E-state index < -0.39 is 0 Å². The minimum absolute atomic E-state index is 0.0469. The fourth-order valence-corrected chi connectivity index (χ4v) is 2.43. The number of aromatic nitrogens is 2. The Morgan fingerprint density at radius 3 is 2.95 bits per heavy atom. The van der Waals surface area contributed by atoms with Crippen molar-refractivity contribution in [2.24, 2.45) is 0 Å². The highest BCUT2D eigenvalue weighted by Gasteiger charge is 2.17. The first kappa shape index (κ1) is 14.1. The number of hydrogen-bond acceptors (Lipinski definition) is 4. The predicted molar refractivity (Wildman–Crippen MR) is 77.6 cm³/mol. The van der Waals surface area contributed by atoms with Gasteiger partial charge < -0.3 is 15.2 Å². The summed E-state index contributed by atoms with van der Waals surface area (Å²) in [7, 11) is 0. The molecule has 0 spiro atoms. The van der Waals surface area contributed by atoms with Crippen molar-refractivity contribution in [3.63, 3.8) is 0 Å². The first-order valence-corrected chi connectivity index (χ1v) is 7.04. The van der Waals surface area contributed by atoms with Crippen molar-refractivity contribution in [1.29, 1.82) is 0 Å². The Kier molecular flexibility index (Phi) is 4.24. The van der Waals surface area contributed by atoms with Crippen molar-refractivity contribution in [3.05, 3.63) is 22.7 Å². The molecule has 2 rings (SSSR count). The molecule has 1 aliphatic rings. The third-order valence-electron chi connectivity index (χ3n) is 3.51. The Labute approximate surface area is 114 Å². The molecule has 5 heteroatoms. The summed E-state index contributed by atoms with van der Waals surface area (Å²) in [6.45, 7) is 7.95. The van der Waals surface area contributed by atoms with Gasteiger partial charge in [0.25, 0.3) is 5.56 Å². The van der Waals surface area contributed by atoms with Crippen LogP contribution >= 0.6 is 0 Å². The lowest BCUT2D eigenvalue weighted by atomic mass is 10.1. The quantitative estimate of drug-likeness (QED) is 0.866. The Balaban J connectivity index is 1.98. The molecule has 0 aromatic carbocycles. The molecule has 1 saturated heterocycles. The van der Waals surface area contributed by atoms with E-state index in [4.69, 9.17) is 0 Å². The van der Waals surface area contributed by atoms with Gasteiger partial charge in [-0.05, 0) is 46.6 Å². The Bertz CT molecular complexity index is 469. The zero-order valence-corrected chi connectivity index (χ0v) is 12.1. The summed E-state index contributed by atoms with van der Waals surface area (Å²) in [6, 6.07) is 0.584. The van der Waals surface area contributed by atoms with Gasteiger partial charge in [0.2, 0.25) is 0 Å². The van der Waals surface area contributed by atoms with Crippen molar-refractivity contribution in [2.45, 2.75) is 51.6 Å². The number of nitrogens with one attached hydrogen (secondary N) is 2. The molecule has 0 unspecified atom stereocenters. The molecular weight excluding hydrogens is 240 g/mol. The SMILES string of the molecule is CC(C)(C)n1ccnc(NCC[C@@H]2CCCN2)c1=O. The van der Waals surface area contributed by atoms with E-state index in [1.807, 2.05) is 20.8 Å². The first-order chi connectivity index (χ1) is 8.98. The van der Waals surface area contributed by atoms with E-state index in [2.05, 4.69) is 15.6 Å². The van der Waals surface area contributed by atoms with E-state index in [0.717, 1.165) is 19.5 Å². The maximum Gasteiger partial charge on any atom is 0.293 e.